The standard InChI is InChI=1S/C78H81BN2OS/c1-43-36-60-69-61(37-43)81-58-42-54-53(75(11,12)34-35-76(54,13)14)41-50(58)65-51(74(8,9)10)26-30-63-66(65)67-64(83-63)31-28-56(70(67)81)79(69)55-27-22-44(68-48-25-23-46(73(5,6)7)40-52(48)77(15)32-17-18-33-78(68,77)16)38-59(55)80(60)57-21-19-20-47-49-39-45(72(2,3)4)24-29-62(49)82-71(47)57/h19-31,36-42,68H,17-18,32-35H2,1-16H3. The SMILES string of the molecule is Cc1cc2c3c(c1)-n1c4cc5c(cc4c4c(C(C)(C)C)ccc6sc7ccc(c1c7c64)B3c1ccc(C3c4ccc(C(C)(C)C)cc4C4(C)CCCCC34C)cc1N2c1cccc2c1oc1ccc(C(C)(C)C)cc12)C(C)(C)CCC5(C)C. The predicted octanol–water partition coefficient (Wildman–Crippen LogP) is 20.2. The van der Waals surface area contributed by atoms with E-state index in [1.807, 2.05) is 11.3 Å². The van der Waals surface area contributed by atoms with Crippen LogP contribution >= 0.6 is 11.3 Å². The highest BCUT2D eigenvalue weighted by atomic mass is 32.1. The summed E-state index contributed by atoms with van der Waals surface area (Å²) in [6.07, 6.45) is 7.30. The number of furan rings is 1. The minimum Gasteiger partial charge on any atom is -0.454 e. The molecule has 5 aliphatic rings. The van der Waals surface area contributed by atoms with Gasteiger partial charge in [-0.3, -0.25) is 0 Å². The van der Waals surface area contributed by atoms with Crippen LogP contribution in [0, 0.1) is 12.3 Å². The van der Waals surface area contributed by atoms with E-state index in [9.17, 15) is 0 Å². The second-order valence-corrected chi connectivity index (χ2v) is 32.7. The van der Waals surface area contributed by atoms with Crippen molar-refractivity contribution in [3.63, 3.8) is 0 Å². The van der Waals surface area contributed by atoms with E-state index in [1.165, 1.54) is 157 Å². The van der Waals surface area contributed by atoms with Gasteiger partial charge in [-0.05, 0) is 203 Å². The molecule has 3 atom stereocenters. The highest BCUT2D eigenvalue weighted by molar-refractivity contribution is 7.26. The maximum Gasteiger partial charge on any atom is 0.252 e. The largest absolute Gasteiger partial charge is 0.454 e. The van der Waals surface area contributed by atoms with Gasteiger partial charge in [-0.15, -0.1) is 11.3 Å². The van der Waals surface area contributed by atoms with Crippen molar-refractivity contribution in [2.45, 2.75) is 188 Å². The summed E-state index contributed by atoms with van der Waals surface area (Å²) >= 11 is 1.98. The van der Waals surface area contributed by atoms with Crippen LogP contribution < -0.4 is 21.3 Å². The van der Waals surface area contributed by atoms with Gasteiger partial charge in [0.05, 0.1) is 16.7 Å². The lowest BCUT2D eigenvalue weighted by Crippen LogP contribution is -2.60. The molecule has 0 spiro atoms. The van der Waals surface area contributed by atoms with Crippen LogP contribution in [-0.2, 0) is 32.5 Å². The third kappa shape index (κ3) is 6.87. The Morgan fingerprint density at radius 3 is 1.96 bits per heavy atom. The fourth-order valence-electron chi connectivity index (χ4n) is 17.7. The highest BCUT2D eigenvalue weighted by Gasteiger charge is 2.59. The van der Waals surface area contributed by atoms with E-state index < -0.39 is 0 Å². The molecule has 83 heavy (non-hydrogen) atoms. The Morgan fingerprint density at radius 2 is 1.22 bits per heavy atom. The zero-order valence-corrected chi connectivity index (χ0v) is 53.0. The molecule has 1 saturated carbocycles. The van der Waals surface area contributed by atoms with Gasteiger partial charge in [0.15, 0.2) is 5.58 Å². The lowest BCUT2D eigenvalue weighted by molar-refractivity contribution is 0.0923. The van der Waals surface area contributed by atoms with Crippen molar-refractivity contribution in [1.82, 2.24) is 4.57 Å². The third-order valence-corrected chi connectivity index (χ3v) is 23.7. The van der Waals surface area contributed by atoms with Crippen molar-refractivity contribution in [2.24, 2.45) is 5.41 Å². The number of hydrogen-bond donors (Lipinski definition) is 0. The predicted molar refractivity (Wildman–Crippen MR) is 359 cm³/mol. The number of anilines is 3. The maximum absolute atomic E-state index is 7.29. The molecule has 5 heterocycles. The maximum atomic E-state index is 7.29. The van der Waals surface area contributed by atoms with Crippen LogP contribution in [-0.4, -0.2) is 11.3 Å². The van der Waals surface area contributed by atoms with Crippen molar-refractivity contribution in [1.29, 1.82) is 0 Å². The smallest absolute Gasteiger partial charge is 0.252 e. The molecule has 3 aliphatic carbocycles. The summed E-state index contributed by atoms with van der Waals surface area (Å²) < 4.78 is 12.8. The first-order chi connectivity index (χ1) is 39.2. The summed E-state index contributed by atoms with van der Waals surface area (Å²) in [6, 6.07) is 49.8. The van der Waals surface area contributed by atoms with E-state index in [0.29, 0.717) is 0 Å². The molecule has 418 valence electrons. The van der Waals surface area contributed by atoms with Gasteiger partial charge in [0, 0.05) is 59.3 Å². The molecule has 0 amide bonds. The lowest BCUT2D eigenvalue weighted by atomic mass is 9.33. The summed E-state index contributed by atoms with van der Waals surface area (Å²) in [5, 5.41) is 7.97. The summed E-state index contributed by atoms with van der Waals surface area (Å²) in [7, 11) is 0. The monoisotopic (exact) mass is 1100 g/mol. The molecule has 2 aliphatic heterocycles. The van der Waals surface area contributed by atoms with E-state index >= 15 is 0 Å². The second kappa shape index (κ2) is 16.4. The van der Waals surface area contributed by atoms with Crippen LogP contribution in [0.2, 0.25) is 0 Å². The molecule has 0 radical (unpaired) electrons. The van der Waals surface area contributed by atoms with E-state index in [0.717, 1.165) is 28.7 Å². The average Bonchev–Trinajstić information content (AvgIpc) is 1.92. The number of benzene rings is 8. The summed E-state index contributed by atoms with van der Waals surface area (Å²) in [4.78, 5) is 2.67. The van der Waals surface area contributed by atoms with Crippen molar-refractivity contribution < 1.29 is 4.42 Å². The Bertz CT molecular complexity index is 4700. The topological polar surface area (TPSA) is 21.3 Å². The minimum atomic E-state index is -0.0933. The quantitative estimate of drug-likeness (QED) is 0.161. The van der Waals surface area contributed by atoms with Crippen LogP contribution in [0.25, 0.3) is 69.6 Å². The molecule has 0 bridgehead atoms. The van der Waals surface area contributed by atoms with Crippen LogP contribution in [0.5, 0.6) is 0 Å². The first kappa shape index (κ1) is 52.0. The van der Waals surface area contributed by atoms with Crippen LogP contribution in [0.1, 0.15) is 198 Å². The van der Waals surface area contributed by atoms with Gasteiger partial charge in [0.2, 0.25) is 0 Å². The van der Waals surface area contributed by atoms with Crippen molar-refractivity contribution >= 4 is 115 Å². The molecule has 3 aromatic heterocycles. The van der Waals surface area contributed by atoms with E-state index in [2.05, 4.69) is 242 Å². The number of nitrogens with zero attached hydrogens (tertiary/aromatic N) is 2. The normalized spacial score (nSPS) is 21.6. The van der Waals surface area contributed by atoms with E-state index in [4.69, 9.17) is 4.42 Å². The second-order valence-electron chi connectivity index (χ2n) is 31.6. The Morgan fingerprint density at radius 1 is 0.542 bits per heavy atom. The molecule has 11 aromatic rings. The molecule has 16 rings (SSSR count). The molecule has 3 unspecified atom stereocenters. The molecule has 5 heteroatoms. The lowest BCUT2D eigenvalue weighted by Gasteiger charge is -2.49. The Labute approximate surface area is 496 Å². The van der Waals surface area contributed by atoms with Crippen molar-refractivity contribution in [3.8, 4) is 5.69 Å². The molecule has 0 saturated heterocycles. The van der Waals surface area contributed by atoms with Crippen LogP contribution in [0.4, 0.5) is 17.1 Å². The Balaban J connectivity index is 1.06. The van der Waals surface area contributed by atoms with Crippen LogP contribution in [0.15, 0.2) is 126 Å². The fraction of sp³-hybridized carbons (Fsp3) is 0.385. The minimum absolute atomic E-state index is 0.00494. The Hall–Kier alpha value is -6.56. The number of para-hydroxylation sites is 1. The molecular formula is C78H81BN2OS. The zero-order valence-electron chi connectivity index (χ0n) is 52.2. The average molecular weight is 1110 g/mol. The van der Waals surface area contributed by atoms with Crippen LogP contribution in [0.3, 0.4) is 0 Å². The first-order valence-electron chi connectivity index (χ1n) is 31.4. The van der Waals surface area contributed by atoms with Crippen molar-refractivity contribution in [3.05, 3.63) is 171 Å². The van der Waals surface area contributed by atoms with Gasteiger partial charge in [0.25, 0.3) is 6.71 Å². The summed E-state index contributed by atoms with van der Waals surface area (Å²) in [6.45, 7) is 39.0. The van der Waals surface area contributed by atoms with Gasteiger partial charge in [-0.25, -0.2) is 0 Å². The van der Waals surface area contributed by atoms with Gasteiger partial charge in [-0.1, -0.05) is 177 Å². The molecule has 0 N–H and O–H groups in total. The summed E-state index contributed by atoms with van der Waals surface area (Å²) in [5.74, 6) is 0.239. The molecule has 3 nitrogen and oxygen atoms in total. The number of aromatic nitrogens is 1. The van der Waals surface area contributed by atoms with E-state index in [-0.39, 0.29) is 50.5 Å². The van der Waals surface area contributed by atoms with Gasteiger partial charge in [0.1, 0.15) is 5.58 Å². The van der Waals surface area contributed by atoms with Gasteiger partial charge < -0.3 is 13.9 Å². The fourth-order valence-corrected chi connectivity index (χ4v) is 18.8. The Kier molecular flexibility index (Phi) is 10.3. The molecular weight excluding hydrogens is 1020 g/mol. The van der Waals surface area contributed by atoms with E-state index in [1.54, 1.807) is 5.56 Å². The first-order valence-corrected chi connectivity index (χ1v) is 32.2. The molecule has 8 aromatic carbocycles. The number of fused-ring (bicyclic) bond motifs is 14. The highest BCUT2D eigenvalue weighted by Crippen LogP contribution is 2.67. The summed E-state index contributed by atoms with van der Waals surface area (Å²) in [5.41, 5.74) is 26.7. The number of aryl methyl sites for hydroxylation is 1. The van der Waals surface area contributed by atoms with Gasteiger partial charge in [-0.2, -0.15) is 0 Å². The number of thiophene rings is 1. The van der Waals surface area contributed by atoms with Crippen molar-refractivity contribution in [2.75, 3.05) is 4.90 Å². The molecule has 1 fully saturated rings. The zero-order chi connectivity index (χ0) is 57.8. The number of hydrogen-bond acceptors (Lipinski definition) is 3. The van der Waals surface area contributed by atoms with Gasteiger partial charge >= 0.3 is 0 Å². The third-order valence-electron chi connectivity index (χ3n) is 22.5. The number of rotatable bonds is 2.